The van der Waals surface area contributed by atoms with E-state index in [1.54, 1.807) is 12.1 Å². The highest BCUT2D eigenvalue weighted by Gasteiger charge is 2.16. The molecule has 4 heteroatoms. The molecule has 0 atom stereocenters. The summed E-state index contributed by atoms with van der Waals surface area (Å²) in [6.07, 6.45) is 0. The van der Waals surface area contributed by atoms with Gasteiger partial charge in [0.15, 0.2) is 5.71 Å². The number of amides is 1. The molecular weight excluding hydrogens is 192 g/mol. The Morgan fingerprint density at radius 3 is 2.47 bits per heavy atom. The molecule has 1 aromatic carbocycles. The summed E-state index contributed by atoms with van der Waals surface area (Å²) in [6.45, 7) is 3.99. The van der Waals surface area contributed by atoms with E-state index in [-0.39, 0.29) is 11.6 Å². The minimum atomic E-state index is -0.731. The molecule has 0 aromatic heterocycles. The zero-order valence-corrected chi connectivity index (χ0v) is 8.77. The highest BCUT2D eigenvalue weighted by molar-refractivity contribution is 6.45. The fourth-order valence-corrected chi connectivity index (χ4v) is 1.45. The summed E-state index contributed by atoms with van der Waals surface area (Å²) < 4.78 is 0. The summed E-state index contributed by atoms with van der Waals surface area (Å²) in [6, 6.07) is 7.24. The third kappa shape index (κ3) is 2.34. The predicted octanol–water partition coefficient (Wildman–Crippen LogP) is 1.47. The van der Waals surface area contributed by atoms with Crippen molar-refractivity contribution >= 4 is 11.6 Å². The number of hydrogen-bond acceptors (Lipinski definition) is 3. The van der Waals surface area contributed by atoms with Gasteiger partial charge in [0.25, 0.3) is 5.91 Å². The molecule has 4 nitrogen and oxygen atoms in total. The fourth-order valence-electron chi connectivity index (χ4n) is 1.45. The van der Waals surface area contributed by atoms with Gasteiger partial charge in [0, 0.05) is 5.56 Å². The second-order valence-corrected chi connectivity index (χ2v) is 3.55. The van der Waals surface area contributed by atoms with E-state index in [2.05, 4.69) is 5.16 Å². The summed E-state index contributed by atoms with van der Waals surface area (Å²) in [7, 11) is 0. The number of nitrogens with two attached hydrogens (primary N) is 1. The van der Waals surface area contributed by atoms with E-state index in [0.29, 0.717) is 5.56 Å². The Kier molecular flexibility index (Phi) is 3.44. The normalized spacial score (nSPS) is 11.8. The lowest BCUT2D eigenvalue weighted by molar-refractivity contribution is -0.112. The van der Waals surface area contributed by atoms with Crippen molar-refractivity contribution in [1.29, 1.82) is 0 Å². The number of carbonyl (C=O) groups excluding carboxylic acids is 1. The van der Waals surface area contributed by atoms with Gasteiger partial charge in [0.2, 0.25) is 0 Å². The third-order valence-corrected chi connectivity index (χ3v) is 2.17. The highest BCUT2D eigenvalue weighted by atomic mass is 16.4. The number of rotatable bonds is 3. The van der Waals surface area contributed by atoms with Crippen molar-refractivity contribution in [3.63, 3.8) is 0 Å². The van der Waals surface area contributed by atoms with Crippen molar-refractivity contribution in [1.82, 2.24) is 0 Å². The van der Waals surface area contributed by atoms with Crippen LogP contribution in [0.25, 0.3) is 0 Å². The molecule has 15 heavy (non-hydrogen) atoms. The lowest BCUT2D eigenvalue weighted by Crippen LogP contribution is -2.25. The number of nitrogens with zero attached hydrogens (tertiary/aromatic N) is 1. The van der Waals surface area contributed by atoms with Crippen LogP contribution in [0.3, 0.4) is 0 Å². The Labute approximate surface area is 88.4 Å². The zero-order chi connectivity index (χ0) is 11.4. The number of primary amides is 1. The first-order valence-corrected chi connectivity index (χ1v) is 4.69. The van der Waals surface area contributed by atoms with E-state index in [4.69, 9.17) is 10.9 Å². The van der Waals surface area contributed by atoms with Crippen LogP contribution >= 0.6 is 0 Å². The molecular formula is C11H14N2O2. The molecule has 1 rings (SSSR count). The second-order valence-electron chi connectivity index (χ2n) is 3.55. The summed E-state index contributed by atoms with van der Waals surface area (Å²) in [4.78, 5) is 11.0. The van der Waals surface area contributed by atoms with Crippen molar-refractivity contribution in [2.75, 3.05) is 0 Å². The third-order valence-electron chi connectivity index (χ3n) is 2.17. The standard InChI is InChI=1S/C11H14N2O2/c1-7(2)8-5-3-4-6-9(8)10(13-15)11(12)14/h3-7,15H,1-2H3,(H2,12,14)/b13-10+. The molecule has 3 N–H and O–H groups in total. The molecule has 0 unspecified atom stereocenters. The Bertz CT molecular complexity index is 397. The van der Waals surface area contributed by atoms with Gasteiger partial charge >= 0.3 is 0 Å². The van der Waals surface area contributed by atoms with Crippen molar-refractivity contribution in [2.24, 2.45) is 10.9 Å². The van der Waals surface area contributed by atoms with E-state index < -0.39 is 5.91 Å². The van der Waals surface area contributed by atoms with Crippen molar-refractivity contribution in [3.05, 3.63) is 35.4 Å². The zero-order valence-electron chi connectivity index (χ0n) is 8.77. The average Bonchev–Trinajstić information content (AvgIpc) is 2.18. The van der Waals surface area contributed by atoms with E-state index >= 15 is 0 Å². The van der Waals surface area contributed by atoms with Crippen LogP contribution in [0.15, 0.2) is 29.4 Å². The van der Waals surface area contributed by atoms with E-state index in [1.807, 2.05) is 26.0 Å². The molecule has 0 spiro atoms. The maximum absolute atomic E-state index is 11.0. The molecule has 0 aliphatic carbocycles. The number of benzene rings is 1. The molecule has 0 aliphatic rings. The SMILES string of the molecule is CC(C)c1ccccc1/C(=N\O)C(N)=O. The van der Waals surface area contributed by atoms with Crippen LogP contribution in [-0.2, 0) is 4.79 Å². The van der Waals surface area contributed by atoms with Crippen LogP contribution in [-0.4, -0.2) is 16.8 Å². The smallest absolute Gasteiger partial charge is 0.271 e. The summed E-state index contributed by atoms with van der Waals surface area (Å²) in [5.41, 5.74) is 6.54. The van der Waals surface area contributed by atoms with Crippen LogP contribution in [0, 0.1) is 0 Å². The lowest BCUT2D eigenvalue weighted by Gasteiger charge is -2.11. The van der Waals surface area contributed by atoms with Gasteiger partial charge < -0.3 is 10.9 Å². The molecule has 0 saturated heterocycles. The maximum atomic E-state index is 11.0. The van der Waals surface area contributed by atoms with E-state index in [0.717, 1.165) is 5.56 Å². The molecule has 0 radical (unpaired) electrons. The molecule has 1 amide bonds. The van der Waals surface area contributed by atoms with Crippen LogP contribution < -0.4 is 5.73 Å². The minimum absolute atomic E-state index is 0.0979. The van der Waals surface area contributed by atoms with Crippen molar-refractivity contribution in [3.8, 4) is 0 Å². The molecule has 1 aromatic rings. The topological polar surface area (TPSA) is 75.7 Å². The number of oxime groups is 1. The lowest BCUT2D eigenvalue weighted by atomic mass is 9.94. The van der Waals surface area contributed by atoms with Crippen molar-refractivity contribution in [2.45, 2.75) is 19.8 Å². The van der Waals surface area contributed by atoms with Crippen LogP contribution in [0.5, 0.6) is 0 Å². The van der Waals surface area contributed by atoms with Gasteiger partial charge in [0.05, 0.1) is 0 Å². The highest BCUT2D eigenvalue weighted by Crippen LogP contribution is 2.19. The largest absolute Gasteiger partial charge is 0.410 e. The second kappa shape index (κ2) is 4.59. The van der Waals surface area contributed by atoms with Crippen LogP contribution in [0.4, 0.5) is 0 Å². The molecule has 0 saturated carbocycles. The van der Waals surface area contributed by atoms with Gasteiger partial charge in [-0.2, -0.15) is 0 Å². The van der Waals surface area contributed by atoms with Gasteiger partial charge in [-0.05, 0) is 11.5 Å². The van der Waals surface area contributed by atoms with Gasteiger partial charge in [-0.1, -0.05) is 43.3 Å². The maximum Gasteiger partial charge on any atom is 0.271 e. The van der Waals surface area contributed by atoms with E-state index in [9.17, 15) is 4.79 Å². The molecule has 0 heterocycles. The Hall–Kier alpha value is -1.84. The summed E-state index contributed by atoms with van der Waals surface area (Å²) in [5, 5.41) is 11.7. The molecule has 0 bridgehead atoms. The Balaban J connectivity index is 3.30. The molecule has 0 aliphatic heterocycles. The fraction of sp³-hybridized carbons (Fsp3) is 0.273. The molecule has 80 valence electrons. The Morgan fingerprint density at radius 1 is 1.40 bits per heavy atom. The van der Waals surface area contributed by atoms with Crippen LogP contribution in [0.1, 0.15) is 30.9 Å². The van der Waals surface area contributed by atoms with Gasteiger partial charge in [0.1, 0.15) is 0 Å². The quantitative estimate of drug-likeness (QED) is 0.446. The number of hydrogen-bond donors (Lipinski definition) is 2. The minimum Gasteiger partial charge on any atom is -0.410 e. The average molecular weight is 206 g/mol. The van der Waals surface area contributed by atoms with Crippen molar-refractivity contribution < 1.29 is 10.0 Å². The van der Waals surface area contributed by atoms with E-state index in [1.165, 1.54) is 0 Å². The molecule has 0 fully saturated rings. The van der Waals surface area contributed by atoms with Crippen LogP contribution in [0.2, 0.25) is 0 Å². The first-order valence-electron chi connectivity index (χ1n) is 4.69. The number of carbonyl (C=O) groups is 1. The Morgan fingerprint density at radius 2 is 2.00 bits per heavy atom. The monoisotopic (exact) mass is 206 g/mol. The summed E-state index contributed by atoms with van der Waals surface area (Å²) >= 11 is 0. The van der Waals surface area contributed by atoms with Gasteiger partial charge in [-0.25, -0.2) is 0 Å². The summed E-state index contributed by atoms with van der Waals surface area (Å²) in [5.74, 6) is -0.497. The van der Waals surface area contributed by atoms with Gasteiger partial charge in [-0.3, -0.25) is 4.79 Å². The first-order chi connectivity index (χ1) is 7.07. The predicted molar refractivity (Wildman–Crippen MR) is 58.0 cm³/mol. The van der Waals surface area contributed by atoms with Gasteiger partial charge in [-0.15, -0.1) is 0 Å². The first kappa shape index (κ1) is 11.2.